The zero-order valence-electron chi connectivity index (χ0n) is 19.1. The Morgan fingerprint density at radius 3 is 2.38 bits per heavy atom. The summed E-state index contributed by atoms with van der Waals surface area (Å²) in [6.07, 6.45) is 3.10. The van der Waals surface area contributed by atoms with Crippen molar-refractivity contribution in [2.45, 2.75) is 25.3 Å². The van der Waals surface area contributed by atoms with Gasteiger partial charge in [-0.05, 0) is 36.2 Å². The molecule has 0 saturated carbocycles. The summed E-state index contributed by atoms with van der Waals surface area (Å²) in [4.78, 5) is 23.0. The molecular weight excluding hydrogens is 493 g/mol. The first-order chi connectivity index (χ1) is 17.3. The summed E-state index contributed by atoms with van der Waals surface area (Å²) in [5.74, 6) is -0.615. The molecule has 2 heterocycles. The number of nitrogens with one attached hydrogen (secondary N) is 1. The van der Waals surface area contributed by atoms with Gasteiger partial charge in [0.15, 0.2) is 9.84 Å². The number of anilines is 1. The molecule has 8 nitrogen and oxygen atoms in total. The summed E-state index contributed by atoms with van der Waals surface area (Å²) in [6.45, 7) is 0.247. The Morgan fingerprint density at radius 1 is 0.919 bits per heavy atom. The molecule has 0 aliphatic rings. The lowest BCUT2D eigenvalue weighted by molar-refractivity contribution is 0.586. The van der Waals surface area contributed by atoms with Gasteiger partial charge in [0, 0.05) is 35.6 Å². The normalized spacial score (nSPS) is 11.4. The Morgan fingerprint density at radius 2 is 1.62 bits per heavy atom. The van der Waals surface area contributed by atoms with Crippen LogP contribution in [0.2, 0.25) is 0 Å². The molecule has 190 valence electrons. The van der Waals surface area contributed by atoms with Crippen LogP contribution in [-0.4, -0.2) is 33.7 Å². The lowest BCUT2D eigenvalue weighted by Crippen LogP contribution is -2.19. The number of hydrogen-bond donors (Lipinski definition) is 2. The first-order valence-corrected chi connectivity index (χ1v) is 12.9. The summed E-state index contributed by atoms with van der Waals surface area (Å²) in [5, 5.41) is 0. The molecule has 0 unspecified atom stereocenters. The molecule has 3 aromatic carbocycles. The molecular formula is C27H26FN5O3S. The third-order valence-electron chi connectivity index (χ3n) is 5.96. The monoisotopic (exact) mass is 519 g/mol. The van der Waals surface area contributed by atoms with E-state index in [0.29, 0.717) is 22.2 Å². The van der Waals surface area contributed by atoms with Crippen LogP contribution >= 0.6 is 0 Å². The number of imidazole rings is 1. The Hall–Kier alpha value is -4.31. The molecule has 0 fully saturated rings. The van der Waals surface area contributed by atoms with Crippen molar-refractivity contribution in [1.29, 1.82) is 0 Å². The maximum atomic E-state index is 15.0. The Kier molecular flexibility index (Phi) is 7.21. The summed E-state index contributed by atoms with van der Waals surface area (Å²) >= 11 is 0. The molecule has 0 amide bonds. The van der Waals surface area contributed by atoms with E-state index in [0.717, 1.165) is 5.52 Å². The van der Waals surface area contributed by atoms with E-state index in [9.17, 15) is 13.2 Å². The fourth-order valence-corrected chi connectivity index (χ4v) is 5.76. The maximum absolute atomic E-state index is 15.0. The maximum Gasteiger partial charge on any atom is 0.326 e. The SMILES string of the molecule is C.Nc1ncc(-c2ccc(-c3ccccc3S(=O)(=O)CCCn3c(=O)[nH]c4ccccc43)cc2F)cn1. The van der Waals surface area contributed by atoms with E-state index in [1.807, 2.05) is 18.2 Å². The number of aryl methyl sites for hydroxylation is 1. The van der Waals surface area contributed by atoms with Crippen molar-refractivity contribution in [3.05, 3.63) is 95.4 Å². The first-order valence-electron chi connectivity index (χ1n) is 11.2. The Balaban J connectivity index is 0.00000320. The van der Waals surface area contributed by atoms with Gasteiger partial charge >= 0.3 is 5.69 Å². The summed E-state index contributed by atoms with van der Waals surface area (Å²) in [7, 11) is -3.72. The summed E-state index contributed by atoms with van der Waals surface area (Å²) in [5.41, 5.74) is 8.22. The Labute approximate surface area is 213 Å². The first kappa shape index (κ1) is 25.8. The number of hydrogen-bond acceptors (Lipinski definition) is 6. The molecule has 3 N–H and O–H groups in total. The number of sulfone groups is 1. The topological polar surface area (TPSA) is 124 Å². The third kappa shape index (κ3) is 5.14. The summed E-state index contributed by atoms with van der Waals surface area (Å²) in [6, 6.07) is 18.3. The van der Waals surface area contributed by atoms with Crippen LogP contribution in [0.3, 0.4) is 0 Å². The minimum absolute atomic E-state index is 0. The number of nitrogen functional groups attached to an aromatic ring is 1. The van der Waals surface area contributed by atoms with Gasteiger partial charge in [0.25, 0.3) is 0 Å². The van der Waals surface area contributed by atoms with Gasteiger partial charge in [-0.1, -0.05) is 49.9 Å². The predicted molar refractivity (Wildman–Crippen MR) is 143 cm³/mol. The van der Waals surface area contributed by atoms with Crippen molar-refractivity contribution in [3.8, 4) is 22.3 Å². The minimum atomic E-state index is -3.72. The number of aromatic amines is 1. The van der Waals surface area contributed by atoms with E-state index in [1.165, 1.54) is 29.1 Å². The molecule has 0 aliphatic heterocycles. The van der Waals surface area contributed by atoms with Gasteiger partial charge in [0.1, 0.15) is 5.82 Å². The second-order valence-electron chi connectivity index (χ2n) is 8.29. The number of aromatic nitrogens is 4. The van der Waals surface area contributed by atoms with Crippen molar-refractivity contribution in [2.24, 2.45) is 0 Å². The van der Waals surface area contributed by atoms with Crippen LogP contribution in [-0.2, 0) is 16.4 Å². The van der Waals surface area contributed by atoms with Crippen molar-refractivity contribution in [3.63, 3.8) is 0 Å². The molecule has 37 heavy (non-hydrogen) atoms. The van der Waals surface area contributed by atoms with Crippen molar-refractivity contribution in [1.82, 2.24) is 19.5 Å². The molecule has 0 saturated heterocycles. The number of H-pyrrole nitrogens is 1. The van der Waals surface area contributed by atoms with Crippen molar-refractivity contribution in [2.75, 3.05) is 11.5 Å². The quantitative estimate of drug-likeness (QED) is 0.322. The Bertz CT molecular complexity index is 1730. The molecule has 5 rings (SSSR count). The second kappa shape index (κ2) is 10.4. The van der Waals surface area contributed by atoms with Gasteiger partial charge in [-0.15, -0.1) is 0 Å². The van der Waals surface area contributed by atoms with Gasteiger partial charge in [0.05, 0.1) is 21.7 Å². The van der Waals surface area contributed by atoms with Crippen molar-refractivity contribution >= 4 is 26.8 Å². The third-order valence-corrected chi connectivity index (χ3v) is 7.81. The van der Waals surface area contributed by atoms with Gasteiger partial charge in [0.2, 0.25) is 5.95 Å². The average Bonchev–Trinajstić information content (AvgIpc) is 3.19. The minimum Gasteiger partial charge on any atom is -0.368 e. The van der Waals surface area contributed by atoms with Gasteiger partial charge in [-0.25, -0.2) is 27.6 Å². The molecule has 0 aliphatic carbocycles. The standard InChI is InChI=1S/C26H22FN5O3S.CH4/c27-21-14-17(10-11-19(21)18-15-29-25(28)30-16-18)20-6-1-4-9-24(20)36(34,35)13-5-12-32-23-8-3-2-7-22(23)31-26(32)33;/h1-4,6-11,14-16H,5,12-13H2,(H,31,33)(H2,28,29,30);1H4. The highest BCUT2D eigenvalue weighted by molar-refractivity contribution is 7.91. The van der Waals surface area contributed by atoms with E-state index >= 15 is 4.39 Å². The molecule has 2 aromatic heterocycles. The highest BCUT2D eigenvalue weighted by Gasteiger charge is 2.20. The van der Waals surface area contributed by atoms with Crippen LogP contribution in [0.1, 0.15) is 13.8 Å². The van der Waals surface area contributed by atoms with Crippen LogP contribution in [0.25, 0.3) is 33.3 Å². The van der Waals surface area contributed by atoms with E-state index < -0.39 is 15.7 Å². The smallest absolute Gasteiger partial charge is 0.326 e. The molecule has 10 heteroatoms. The average molecular weight is 520 g/mol. The van der Waals surface area contributed by atoms with E-state index in [1.54, 1.807) is 36.4 Å². The van der Waals surface area contributed by atoms with Gasteiger partial charge < -0.3 is 10.7 Å². The number of nitrogens with zero attached hydrogens (tertiary/aromatic N) is 3. The van der Waals surface area contributed by atoms with Crippen molar-refractivity contribution < 1.29 is 12.8 Å². The lowest BCUT2D eigenvalue weighted by Gasteiger charge is -2.12. The number of rotatable bonds is 7. The van der Waals surface area contributed by atoms with E-state index in [4.69, 9.17) is 5.73 Å². The van der Waals surface area contributed by atoms with Gasteiger partial charge in [-0.3, -0.25) is 4.57 Å². The fraction of sp³-hybridized carbons (Fsp3) is 0.148. The largest absolute Gasteiger partial charge is 0.368 e. The number of fused-ring (bicyclic) bond motifs is 1. The fourth-order valence-electron chi connectivity index (χ4n) is 4.22. The molecule has 0 atom stereocenters. The molecule has 5 aromatic rings. The number of halogens is 1. The number of para-hydroxylation sites is 2. The zero-order chi connectivity index (χ0) is 25.3. The predicted octanol–water partition coefficient (Wildman–Crippen LogP) is 4.68. The lowest BCUT2D eigenvalue weighted by atomic mass is 10.0. The van der Waals surface area contributed by atoms with E-state index in [2.05, 4.69) is 15.0 Å². The molecule has 0 bridgehead atoms. The van der Waals surface area contributed by atoms with Crippen LogP contribution in [0.4, 0.5) is 10.3 Å². The van der Waals surface area contributed by atoms with Crippen LogP contribution < -0.4 is 11.4 Å². The zero-order valence-corrected chi connectivity index (χ0v) is 19.9. The molecule has 0 radical (unpaired) electrons. The number of benzene rings is 3. The second-order valence-corrected chi connectivity index (χ2v) is 10.4. The summed E-state index contributed by atoms with van der Waals surface area (Å²) < 4.78 is 43.1. The van der Waals surface area contributed by atoms with Crippen LogP contribution in [0, 0.1) is 5.82 Å². The van der Waals surface area contributed by atoms with Crippen LogP contribution in [0.5, 0.6) is 0 Å². The van der Waals surface area contributed by atoms with Gasteiger partial charge in [-0.2, -0.15) is 0 Å². The molecule has 0 spiro atoms. The van der Waals surface area contributed by atoms with Crippen LogP contribution in [0.15, 0.2) is 88.8 Å². The number of nitrogens with two attached hydrogens (primary N) is 1. The van der Waals surface area contributed by atoms with E-state index in [-0.39, 0.29) is 48.2 Å². The highest BCUT2D eigenvalue weighted by Crippen LogP contribution is 2.32. The highest BCUT2D eigenvalue weighted by atomic mass is 32.2.